The van der Waals surface area contributed by atoms with Gasteiger partial charge in [-0.05, 0) is 31.4 Å². The molecular weight excluding hydrogens is 280 g/mol. The summed E-state index contributed by atoms with van der Waals surface area (Å²) in [5, 5.41) is 13.4. The van der Waals surface area contributed by atoms with E-state index in [-0.39, 0.29) is 10.9 Å². The fraction of sp³-hybridized carbons (Fsp3) is 0.538. The van der Waals surface area contributed by atoms with E-state index in [2.05, 4.69) is 5.32 Å². The highest BCUT2D eigenvalue weighted by atomic mass is 32.2. The summed E-state index contributed by atoms with van der Waals surface area (Å²) in [5.41, 5.74) is 1.08. The third kappa shape index (κ3) is 3.77. The molecule has 0 bridgehead atoms. The van der Waals surface area contributed by atoms with Crippen LogP contribution in [-0.4, -0.2) is 37.4 Å². The lowest BCUT2D eigenvalue weighted by Gasteiger charge is -2.10. The van der Waals surface area contributed by atoms with Gasteiger partial charge in [0.15, 0.2) is 9.84 Å². The predicted octanol–water partition coefficient (Wildman–Crippen LogP) is 1.30. The Hall–Kier alpha value is -1.47. The molecule has 1 N–H and O–H groups in total. The van der Waals surface area contributed by atoms with Crippen molar-refractivity contribution in [2.75, 3.05) is 18.8 Å². The van der Waals surface area contributed by atoms with Crippen molar-refractivity contribution in [2.45, 2.75) is 24.5 Å². The maximum absolute atomic E-state index is 11.6. The molecule has 1 heterocycles. The van der Waals surface area contributed by atoms with Gasteiger partial charge in [-0.15, -0.1) is 0 Å². The van der Waals surface area contributed by atoms with Crippen LogP contribution in [0, 0.1) is 10.1 Å². The van der Waals surface area contributed by atoms with Crippen LogP contribution in [0.2, 0.25) is 0 Å². The largest absolute Gasteiger partial charge is 0.315 e. The van der Waals surface area contributed by atoms with E-state index in [1.54, 1.807) is 12.1 Å². The summed E-state index contributed by atoms with van der Waals surface area (Å²) < 4.78 is 23.2. The normalized spacial score (nSPS) is 20.9. The SMILES string of the molecule is O=[N+]([O-])c1ccc(CCNCC2CCCS2(=O)=O)cc1. The molecule has 0 radical (unpaired) electrons. The molecule has 20 heavy (non-hydrogen) atoms. The number of nitro groups is 1. The van der Waals surface area contributed by atoms with Crippen molar-refractivity contribution in [1.82, 2.24) is 5.32 Å². The fourth-order valence-electron chi connectivity index (χ4n) is 2.37. The molecule has 6 nitrogen and oxygen atoms in total. The number of rotatable bonds is 6. The highest BCUT2D eigenvalue weighted by Crippen LogP contribution is 2.19. The Labute approximate surface area is 118 Å². The Balaban J connectivity index is 1.75. The van der Waals surface area contributed by atoms with Gasteiger partial charge in [0.1, 0.15) is 0 Å². The molecule has 1 fully saturated rings. The van der Waals surface area contributed by atoms with Crippen LogP contribution in [0.5, 0.6) is 0 Å². The van der Waals surface area contributed by atoms with E-state index < -0.39 is 14.8 Å². The number of hydrogen-bond acceptors (Lipinski definition) is 5. The number of nitrogens with one attached hydrogen (secondary N) is 1. The molecule has 1 aliphatic rings. The molecule has 1 unspecified atom stereocenters. The van der Waals surface area contributed by atoms with E-state index in [0.717, 1.165) is 24.8 Å². The van der Waals surface area contributed by atoms with Gasteiger partial charge in [0, 0.05) is 18.7 Å². The average Bonchev–Trinajstić information content (AvgIpc) is 2.74. The first kappa shape index (κ1) is 14.9. The number of sulfone groups is 1. The van der Waals surface area contributed by atoms with E-state index in [4.69, 9.17) is 0 Å². The van der Waals surface area contributed by atoms with Crippen LogP contribution in [0.1, 0.15) is 18.4 Å². The van der Waals surface area contributed by atoms with E-state index in [1.165, 1.54) is 12.1 Å². The molecule has 0 amide bonds. The number of hydrogen-bond donors (Lipinski definition) is 1. The Morgan fingerprint density at radius 2 is 2.00 bits per heavy atom. The standard InChI is InChI=1S/C13H18N2O4S/c16-15(17)12-5-3-11(4-6-12)7-8-14-10-13-2-1-9-20(13,18)19/h3-6,13-14H,1-2,7-10H2. The highest BCUT2D eigenvalue weighted by Gasteiger charge is 2.30. The lowest BCUT2D eigenvalue weighted by atomic mass is 10.1. The number of benzene rings is 1. The second-order valence-corrected chi connectivity index (χ2v) is 7.41. The molecule has 2 rings (SSSR count). The van der Waals surface area contributed by atoms with Gasteiger partial charge >= 0.3 is 0 Å². The maximum atomic E-state index is 11.6. The van der Waals surface area contributed by atoms with Gasteiger partial charge in [-0.2, -0.15) is 0 Å². The van der Waals surface area contributed by atoms with Gasteiger partial charge in [0.25, 0.3) is 5.69 Å². The monoisotopic (exact) mass is 298 g/mol. The van der Waals surface area contributed by atoms with Crippen LogP contribution < -0.4 is 5.32 Å². The predicted molar refractivity (Wildman–Crippen MR) is 76.5 cm³/mol. The van der Waals surface area contributed by atoms with Crippen molar-refractivity contribution in [2.24, 2.45) is 0 Å². The second-order valence-electron chi connectivity index (χ2n) is 5.01. The maximum Gasteiger partial charge on any atom is 0.269 e. The van der Waals surface area contributed by atoms with Crippen LogP contribution in [0.3, 0.4) is 0 Å². The minimum atomic E-state index is -2.88. The highest BCUT2D eigenvalue weighted by molar-refractivity contribution is 7.92. The average molecular weight is 298 g/mol. The van der Waals surface area contributed by atoms with E-state index in [0.29, 0.717) is 18.8 Å². The van der Waals surface area contributed by atoms with E-state index in [9.17, 15) is 18.5 Å². The van der Waals surface area contributed by atoms with Gasteiger partial charge in [0.2, 0.25) is 0 Å². The second kappa shape index (κ2) is 6.32. The molecule has 1 aliphatic heterocycles. The van der Waals surface area contributed by atoms with Crippen LogP contribution in [0.4, 0.5) is 5.69 Å². The van der Waals surface area contributed by atoms with Crippen LogP contribution in [-0.2, 0) is 16.3 Å². The van der Waals surface area contributed by atoms with Crippen molar-refractivity contribution in [3.05, 3.63) is 39.9 Å². The smallest absolute Gasteiger partial charge is 0.269 e. The van der Waals surface area contributed by atoms with Crippen LogP contribution in [0.15, 0.2) is 24.3 Å². The third-order valence-corrected chi connectivity index (χ3v) is 5.85. The van der Waals surface area contributed by atoms with E-state index >= 15 is 0 Å². The molecule has 0 spiro atoms. The fourth-order valence-corrected chi connectivity index (χ4v) is 4.17. The van der Waals surface area contributed by atoms with Crippen molar-refractivity contribution < 1.29 is 13.3 Å². The zero-order valence-corrected chi connectivity index (χ0v) is 11.9. The molecule has 1 atom stereocenters. The molecule has 1 saturated heterocycles. The minimum Gasteiger partial charge on any atom is -0.315 e. The zero-order chi connectivity index (χ0) is 14.6. The lowest BCUT2D eigenvalue weighted by Crippen LogP contribution is -2.31. The van der Waals surface area contributed by atoms with Gasteiger partial charge in [0.05, 0.1) is 15.9 Å². The summed E-state index contributed by atoms with van der Waals surface area (Å²) in [7, 11) is -2.88. The topological polar surface area (TPSA) is 89.3 Å². The first-order valence-electron chi connectivity index (χ1n) is 6.64. The number of nitro benzene ring substituents is 1. The molecule has 1 aromatic rings. The molecule has 110 valence electrons. The summed E-state index contributed by atoms with van der Waals surface area (Å²) in [4.78, 5) is 10.1. The Morgan fingerprint density at radius 1 is 1.30 bits per heavy atom. The van der Waals surface area contributed by atoms with Crippen molar-refractivity contribution in [3.63, 3.8) is 0 Å². The zero-order valence-electron chi connectivity index (χ0n) is 11.1. The molecule has 0 aliphatic carbocycles. The number of nitrogens with zero attached hydrogens (tertiary/aromatic N) is 1. The summed E-state index contributed by atoms with van der Waals surface area (Å²) in [6, 6.07) is 6.42. The van der Waals surface area contributed by atoms with Crippen molar-refractivity contribution in [1.29, 1.82) is 0 Å². The Bertz CT molecular complexity index is 569. The summed E-state index contributed by atoms with van der Waals surface area (Å²) in [5.74, 6) is 0.307. The Morgan fingerprint density at radius 3 is 2.55 bits per heavy atom. The van der Waals surface area contributed by atoms with Crippen LogP contribution in [0.25, 0.3) is 0 Å². The molecule has 1 aromatic carbocycles. The lowest BCUT2D eigenvalue weighted by molar-refractivity contribution is -0.384. The van der Waals surface area contributed by atoms with E-state index in [1.807, 2.05) is 0 Å². The molecule has 7 heteroatoms. The summed E-state index contributed by atoms with van der Waals surface area (Å²) >= 11 is 0. The van der Waals surface area contributed by atoms with Gasteiger partial charge in [-0.3, -0.25) is 10.1 Å². The first-order valence-corrected chi connectivity index (χ1v) is 8.36. The minimum absolute atomic E-state index is 0.0822. The first-order chi connectivity index (χ1) is 9.49. The van der Waals surface area contributed by atoms with Crippen molar-refractivity contribution in [3.8, 4) is 0 Å². The number of non-ortho nitro benzene ring substituents is 1. The summed E-state index contributed by atoms with van der Waals surface area (Å²) in [6.45, 7) is 1.17. The van der Waals surface area contributed by atoms with Crippen LogP contribution >= 0.6 is 0 Å². The Kier molecular flexibility index (Phi) is 4.72. The van der Waals surface area contributed by atoms with Gasteiger partial charge in [-0.25, -0.2) is 8.42 Å². The van der Waals surface area contributed by atoms with Gasteiger partial charge in [-0.1, -0.05) is 12.1 Å². The summed E-state index contributed by atoms with van der Waals surface area (Å²) in [6.07, 6.45) is 2.23. The molecule has 0 aromatic heterocycles. The molecule has 0 saturated carbocycles. The third-order valence-electron chi connectivity index (χ3n) is 3.57. The van der Waals surface area contributed by atoms with Gasteiger partial charge < -0.3 is 5.32 Å². The molecular formula is C13H18N2O4S. The quantitative estimate of drug-likeness (QED) is 0.486. The van der Waals surface area contributed by atoms with Crippen molar-refractivity contribution >= 4 is 15.5 Å².